The third-order valence-corrected chi connectivity index (χ3v) is 15.5. The minimum Gasteiger partial charge on any atom is -0.480 e. The van der Waals surface area contributed by atoms with E-state index in [-0.39, 0.29) is 75.6 Å². The van der Waals surface area contributed by atoms with Gasteiger partial charge < -0.3 is 39.8 Å². The number of carbonyl (C=O) groups excluding carboxylic acids is 3. The van der Waals surface area contributed by atoms with Crippen LogP contribution in [-0.2, 0) is 51.8 Å². The summed E-state index contributed by atoms with van der Waals surface area (Å²) in [4.78, 5) is 94.4. The SMILES string of the molecule is CCOC(=O)C(Cl)Cc1cc(-n2nc(C)n(C(F)F)c2=O)c(F)cc1Cl.COc1nc(C)nc(NC(=O)NS(=O)(=O)c2ccccc2CCC(F)(F)F)n1.CP(=O)(O)CCC(N)C(=O)O.O=C(Nc1nc(OC(F)F)cc(OC(F)F)n1)NS(=O)(=O)c1ccccc1C(=O)O. The van der Waals surface area contributed by atoms with Gasteiger partial charge in [0.1, 0.15) is 33.7 Å². The summed E-state index contributed by atoms with van der Waals surface area (Å²) in [6, 6.07) is 8.03. The number of sulfonamides is 2. The van der Waals surface area contributed by atoms with E-state index in [0.717, 1.165) is 30.3 Å². The molecule has 46 heteroatoms. The molecule has 0 saturated carbocycles. The zero-order valence-corrected chi connectivity index (χ0v) is 52.9. The van der Waals surface area contributed by atoms with Crippen LogP contribution < -0.4 is 45.7 Å². The van der Waals surface area contributed by atoms with Crippen LogP contribution >= 0.6 is 30.6 Å². The van der Waals surface area contributed by atoms with Crippen LogP contribution in [-0.4, -0.2) is 159 Å². The normalized spacial score (nSPS) is 12.6. The van der Waals surface area contributed by atoms with Gasteiger partial charge in [-0.25, -0.2) is 54.4 Å². The van der Waals surface area contributed by atoms with Crippen LogP contribution in [0, 0.1) is 19.7 Å². The molecule has 522 valence electrons. The second kappa shape index (κ2) is 35.5. The lowest BCUT2D eigenvalue weighted by Crippen LogP contribution is -2.35. The number of hydrogen-bond donors (Lipinski definition) is 8. The van der Waals surface area contributed by atoms with Crippen LogP contribution in [0.4, 0.5) is 65.4 Å². The van der Waals surface area contributed by atoms with Gasteiger partial charge in [-0.1, -0.05) is 41.9 Å². The van der Waals surface area contributed by atoms with Crippen molar-refractivity contribution in [3.8, 4) is 23.5 Å². The number of nitrogens with two attached hydrogens (primary N) is 1. The third kappa shape index (κ3) is 26.7. The fraction of sp³-hybridized carbons (Fsp3) is 0.347. The van der Waals surface area contributed by atoms with Crippen LogP contribution in [0.25, 0.3) is 5.69 Å². The molecule has 9 N–H and O–H groups in total. The van der Waals surface area contributed by atoms with E-state index in [9.17, 15) is 94.1 Å². The molecule has 0 radical (unpaired) electrons. The van der Waals surface area contributed by atoms with Crippen molar-refractivity contribution in [2.24, 2.45) is 5.73 Å². The molecule has 0 aliphatic heterocycles. The van der Waals surface area contributed by atoms with Gasteiger partial charge in [-0.05, 0) is 75.1 Å². The molecule has 31 nitrogen and oxygen atoms in total. The largest absolute Gasteiger partial charge is 0.480 e. The first kappa shape index (κ1) is 80.2. The lowest BCUT2D eigenvalue weighted by molar-refractivity contribution is -0.142. The highest BCUT2D eigenvalue weighted by Crippen LogP contribution is 2.36. The second-order valence-electron chi connectivity index (χ2n) is 18.2. The smallest absolute Gasteiger partial charge is 0.389 e. The van der Waals surface area contributed by atoms with E-state index in [1.807, 2.05) is 0 Å². The van der Waals surface area contributed by atoms with E-state index < -0.39 is 152 Å². The molecule has 95 heavy (non-hydrogen) atoms. The van der Waals surface area contributed by atoms with Crippen molar-refractivity contribution in [1.29, 1.82) is 0 Å². The van der Waals surface area contributed by atoms with Crippen LogP contribution in [0.1, 0.15) is 59.4 Å². The molecule has 6 aromatic rings. The Bertz CT molecular complexity index is 4020. The number of anilines is 2. The van der Waals surface area contributed by atoms with Crippen molar-refractivity contribution < 1.29 is 123 Å². The van der Waals surface area contributed by atoms with E-state index in [1.54, 1.807) is 17.0 Å². The number of carboxylic acid groups (broad SMARTS) is 2. The number of benzene rings is 3. The number of urea groups is 2. The number of hydrogen-bond acceptors (Lipinski definition) is 22. The number of carboxylic acids is 2. The molecule has 0 fully saturated rings. The number of nitrogens with one attached hydrogen (secondary N) is 4. The first-order chi connectivity index (χ1) is 44.0. The van der Waals surface area contributed by atoms with Gasteiger partial charge in [-0.3, -0.25) is 24.8 Å². The predicted octanol–water partition coefficient (Wildman–Crippen LogP) is 7.01. The van der Waals surface area contributed by atoms with Gasteiger partial charge in [-0.2, -0.15) is 69.1 Å². The monoisotopic (exact) mass is 1470 g/mol. The number of aliphatic carboxylic acids is 1. The Kier molecular flexibility index (Phi) is 29.9. The summed E-state index contributed by atoms with van der Waals surface area (Å²) in [5.41, 5.74) is 3.01. The molecule has 3 heterocycles. The minimum absolute atomic E-state index is 0.0412. The van der Waals surface area contributed by atoms with Gasteiger partial charge in [0.05, 0.1) is 30.2 Å². The maximum Gasteiger partial charge on any atom is 0.389 e. The Morgan fingerprint density at radius 3 is 1.80 bits per heavy atom. The number of nitrogens with zero attached hydrogens (tertiary/aromatic N) is 8. The Morgan fingerprint density at radius 2 is 1.32 bits per heavy atom. The fourth-order valence-electron chi connectivity index (χ4n) is 6.87. The van der Waals surface area contributed by atoms with Gasteiger partial charge in [0.15, 0.2) is 13.2 Å². The standard InChI is InChI=1S/C15H14Cl2F3N3O3.C15H16F3N5O4S.C14H10F4N4O7S.C5H12NO4P/c1-3-26-13(24)10(17)4-8-5-12(11(18)6-9(8)16)23-15(25)22(14(19)20)7(2)21-23;1-9-19-12(22-14(20-9)27-2)21-13(24)23-28(25,26)11-6-4-3-5-10(11)7-8-15(16,17)18;15-11(16)28-8-5-9(29-12(17)18)20-13(19-8)21-14(25)22-30(26,27)7-4-2-1-3-6(7)10(23)24;1-11(9,10)3-2-4(6)5(7)8/h5-6,10,14H,3-4H2,1-2H3;3-6H,7-8H2,1-2H3,(H2,19,20,21,22,23,24);1-5,11-12H,(H,23,24)(H2,19,20,21,22,25);4H,2-3,6H2,1H3,(H,7,8)(H,9,10). The fourth-order valence-corrected chi connectivity index (χ4v) is 10.4. The molecular weight excluding hydrogens is 1410 g/mol. The zero-order valence-electron chi connectivity index (χ0n) is 48.9. The van der Waals surface area contributed by atoms with Crippen molar-refractivity contribution in [3.63, 3.8) is 0 Å². The number of alkyl halides is 10. The van der Waals surface area contributed by atoms with Crippen molar-refractivity contribution in [2.45, 2.75) is 93.6 Å². The van der Waals surface area contributed by atoms with Crippen LogP contribution in [0.15, 0.2) is 81.3 Å². The van der Waals surface area contributed by atoms with E-state index in [2.05, 4.69) is 44.8 Å². The summed E-state index contributed by atoms with van der Waals surface area (Å²) < 4.78 is 208. The lowest BCUT2D eigenvalue weighted by atomic mass is 10.1. The number of esters is 1. The zero-order chi connectivity index (χ0) is 72.1. The molecule has 0 aliphatic rings. The highest BCUT2D eigenvalue weighted by molar-refractivity contribution is 7.90. The molecular formula is C49H52Cl2F10N13O18PS2. The van der Waals surface area contributed by atoms with Crippen LogP contribution in [0.5, 0.6) is 17.8 Å². The minimum atomic E-state index is -4.71. The summed E-state index contributed by atoms with van der Waals surface area (Å²) in [5.74, 6) is -7.57. The number of aromatic nitrogens is 8. The van der Waals surface area contributed by atoms with E-state index in [1.165, 1.54) is 62.7 Å². The Hall–Kier alpha value is -9.03. The van der Waals surface area contributed by atoms with Crippen molar-refractivity contribution >= 4 is 92.5 Å². The topological polar surface area (TPSA) is 447 Å². The molecule has 6 rings (SSSR count). The first-order valence-corrected chi connectivity index (χ1v) is 31.8. The number of methoxy groups -OCH3 is 1. The number of carbonyl (C=O) groups is 5. The average molecular weight is 1470 g/mol. The van der Waals surface area contributed by atoms with E-state index in [0.29, 0.717) is 10.7 Å². The van der Waals surface area contributed by atoms with E-state index >= 15 is 0 Å². The molecule has 0 bridgehead atoms. The van der Waals surface area contributed by atoms with Crippen molar-refractivity contribution in [3.05, 3.63) is 116 Å². The maximum atomic E-state index is 14.2. The molecule has 3 aromatic carbocycles. The van der Waals surface area contributed by atoms with Gasteiger partial charge in [0.25, 0.3) is 20.0 Å². The Morgan fingerprint density at radius 1 is 0.789 bits per heavy atom. The number of aromatic carboxylic acids is 1. The number of ether oxygens (including phenoxy) is 4. The quantitative estimate of drug-likeness (QED) is 0.0131. The molecule has 3 aromatic heterocycles. The molecule has 0 aliphatic carbocycles. The second-order valence-corrected chi connectivity index (χ2v) is 25.0. The summed E-state index contributed by atoms with van der Waals surface area (Å²) in [7, 11) is -11.0. The van der Waals surface area contributed by atoms with Crippen molar-refractivity contribution in [2.75, 3.05) is 37.2 Å². The molecule has 3 atom stereocenters. The number of rotatable bonds is 24. The van der Waals surface area contributed by atoms with Crippen LogP contribution in [0.3, 0.4) is 0 Å². The molecule has 4 amide bonds. The molecule has 0 spiro atoms. The Labute approximate surface area is 538 Å². The number of halogens is 12. The van der Waals surface area contributed by atoms with Crippen molar-refractivity contribution in [1.82, 2.24) is 48.7 Å². The molecule has 0 saturated heterocycles. The number of amides is 4. The predicted molar refractivity (Wildman–Crippen MR) is 309 cm³/mol. The van der Waals surface area contributed by atoms with E-state index in [4.69, 9.17) is 53.5 Å². The van der Waals surface area contributed by atoms with Gasteiger partial charge in [0, 0.05) is 30.7 Å². The summed E-state index contributed by atoms with van der Waals surface area (Å²) in [6.45, 7) is -4.33. The lowest BCUT2D eigenvalue weighted by Gasteiger charge is -2.13. The molecule has 3 unspecified atom stereocenters. The average Bonchev–Trinajstić information content (AvgIpc) is 1.72. The summed E-state index contributed by atoms with van der Waals surface area (Å²) in [5, 5.41) is 23.6. The van der Waals surface area contributed by atoms with Gasteiger partial charge in [-0.15, -0.1) is 16.7 Å². The van der Waals surface area contributed by atoms with Gasteiger partial charge >= 0.3 is 67.6 Å². The highest BCUT2D eigenvalue weighted by Gasteiger charge is 2.30. The van der Waals surface area contributed by atoms with Gasteiger partial charge in [0.2, 0.25) is 23.7 Å². The summed E-state index contributed by atoms with van der Waals surface area (Å²) >= 11 is 11.9. The number of aryl methyl sites for hydroxylation is 3. The highest BCUT2D eigenvalue weighted by atomic mass is 35.5. The maximum absolute atomic E-state index is 14.2. The van der Waals surface area contributed by atoms with Crippen LogP contribution in [0.2, 0.25) is 5.02 Å². The Balaban J connectivity index is 0.000000344. The first-order valence-electron chi connectivity index (χ1n) is 25.7. The summed E-state index contributed by atoms with van der Waals surface area (Å²) in [6.07, 6.45) is -6.31. The third-order valence-electron chi connectivity index (χ3n) is 10.9.